The summed E-state index contributed by atoms with van der Waals surface area (Å²) >= 11 is 4.29. The number of hydrogen-bond donors (Lipinski definition) is 1. The van der Waals surface area contributed by atoms with Gasteiger partial charge in [0, 0.05) is 10.2 Å². The number of aromatic nitrogens is 2. The molecule has 2 rings (SSSR count). The minimum atomic E-state index is -0.914. The van der Waals surface area contributed by atoms with Crippen LogP contribution in [0.5, 0.6) is 0 Å². The SMILES string of the molecule is CCc1nnsc1C(=O)O[C@H](C)C(=O)Nc1ccc(Br)cc1. The second kappa shape index (κ2) is 7.46. The fourth-order valence-corrected chi connectivity index (χ4v) is 2.54. The van der Waals surface area contributed by atoms with Gasteiger partial charge in [0.15, 0.2) is 11.0 Å². The van der Waals surface area contributed by atoms with E-state index in [0.29, 0.717) is 22.7 Å². The summed E-state index contributed by atoms with van der Waals surface area (Å²) < 4.78 is 9.80. The molecule has 1 N–H and O–H groups in total. The Morgan fingerprint density at radius 3 is 2.68 bits per heavy atom. The molecule has 1 aromatic carbocycles. The minimum Gasteiger partial charge on any atom is -0.448 e. The molecular formula is C14H14BrN3O3S. The summed E-state index contributed by atoms with van der Waals surface area (Å²) in [4.78, 5) is 24.4. The molecule has 1 heterocycles. The van der Waals surface area contributed by atoms with Crippen molar-refractivity contribution in [3.63, 3.8) is 0 Å². The third-order valence-corrected chi connectivity index (χ3v) is 4.12. The van der Waals surface area contributed by atoms with E-state index in [0.717, 1.165) is 16.0 Å². The van der Waals surface area contributed by atoms with Crippen LogP contribution in [0.25, 0.3) is 0 Å². The Kier molecular flexibility index (Phi) is 5.62. The van der Waals surface area contributed by atoms with E-state index in [9.17, 15) is 9.59 Å². The van der Waals surface area contributed by atoms with Gasteiger partial charge in [-0.05, 0) is 49.1 Å². The van der Waals surface area contributed by atoms with E-state index >= 15 is 0 Å². The lowest BCUT2D eigenvalue weighted by Gasteiger charge is -2.13. The monoisotopic (exact) mass is 383 g/mol. The molecule has 22 heavy (non-hydrogen) atoms. The van der Waals surface area contributed by atoms with Crippen LogP contribution in [0.2, 0.25) is 0 Å². The highest BCUT2D eigenvalue weighted by atomic mass is 79.9. The molecule has 0 aliphatic carbocycles. The lowest BCUT2D eigenvalue weighted by Crippen LogP contribution is -2.30. The van der Waals surface area contributed by atoms with E-state index < -0.39 is 18.0 Å². The van der Waals surface area contributed by atoms with Crippen LogP contribution in [-0.4, -0.2) is 27.6 Å². The Balaban J connectivity index is 1.96. The molecule has 1 amide bonds. The molecule has 0 spiro atoms. The summed E-state index contributed by atoms with van der Waals surface area (Å²) in [5.41, 5.74) is 1.21. The fourth-order valence-electron chi connectivity index (χ4n) is 1.64. The minimum absolute atomic E-state index is 0.339. The quantitative estimate of drug-likeness (QED) is 0.802. The Hall–Kier alpha value is -1.80. The van der Waals surface area contributed by atoms with Gasteiger partial charge in [0.1, 0.15) is 0 Å². The molecule has 0 aliphatic heterocycles. The maximum Gasteiger partial charge on any atom is 0.352 e. The van der Waals surface area contributed by atoms with Crippen molar-refractivity contribution in [2.45, 2.75) is 26.4 Å². The second-order valence-electron chi connectivity index (χ2n) is 4.45. The van der Waals surface area contributed by atoms with Gasteiger partial charge in [-0.1, -0.05) is 27.3 Å². The summed E-state index contributed by atoms with van der Waals surface area (Å²) in [6, 6.07) is 7.11. The molecule has 0 fully saturated rings. The van der Waals surface area contributed by atoms with Crippen LogP contribution in [0.1, 0.15) is 29.2 Å². The number of aryl methyl sites for hydroxylation is 1. The Morgan fingerprint density at radius 2 is 2.05 bits per heavy atom. The van der Waals surface area contributed by atoms with Gasteiger partial charge in [0.25, 0.3) is 5.91 Å². The van der Waals surface area contributed by atoms with Crippen molar-refractivity contribution >= 4 is 45.0 Å². The van der Waals surface area contributed by atoms with Gasteiger partial charge in [-0.25, -0.2) is 4.79 Å². The van der Waals surface area contributed by atoms with Gasteiger partial charge >= 0.3 is 5.97 Å². The normalized spacial score (nSPS) is 11.8. The molecule has 0 saturated heterocycles. The zero-order chi connectivity index (χ0) is 16.1. The first-order valence-corrected chi connectivity index (χ1v) is 8.16. The zero-order valence-corrected chi connectivity index (χ0v) is 14.4. The van der Waals surface area contributed by atoms with Crippen LogP contribution in [0.15, 0.2) is 28.7 Å². The van der Waals surface area contributed by atoms with E-state index in [1.807, 2.05) is 19.1 Å². The number of ether oxygens (including phenoxy) is 1. The first kappa shape index (κ1) is 16.6. The van der Waals surface area contributed by atoms with Crippen molar-refractivity contribution < 1.29 is 14.3 Å². The van der Waals surface area contributed by atoms with Gasteiger partial charge in [-0.15, -0.1) is 5.10 Å². The molecular weight excluding hydrogens is 370 g/mol. The fraction of sp³-hybridized carbons (Fsp3) is 0.286. The van der Waals surface area contributed by atoms with Crippen molar-refractivity contribution in [3.8, 4) is 0 Å². The van der Waals surface area contributed by atoms with Gasteiger partial charge in [0.2, 0.25) is 0 Å². The Labute approximate surface area is 140 Å². The van der Waals surface area contributed by atoms with E-state index in [1.54, 1.807) is 12.1 Å². The molecule has 8 heteroatoms. The number of hydrogen-bond acceptors (Lipinski definition) is 6. The molecule has 1 aromatic heterocycles. The summed E-state index contributed by atoms with van der Waals surface area (Å²) in [6.45, 7) is 3.39. The number of esters is 1. The topological polar surface area (TPSA) is 81.2 Å². The van der Waals surface area contributed by atoms with E-state index in [-0.39, 0.29) is 0 Å². The van der Waals surface area contributed by atoms with Crippen molar-refractivity contribution in [1.82, 2.24) is 9.59 Å². The van der Waals surface area contributed by atoms with Crippen LogP contribution in [-0.2, 0) is 16.0 Å². The van der Waals surface area contributed by atoms with E-state index in [4.69, 9.17) is 4.74 Å². The summed E-state index contributed by atoms with van der Waals surface area (Å²) in [6.07, 6.45) is -0.330. The summed E-state index contributed by atoms with van der Waals surface area (Å²) in [7, 11) is 0. The predicted octanol–water partition coefficient (Wildman–Crippen LogP) is 3.05. The molecule has 1 atom stereocenters. The lowest BCUT2D eigenvalue weighted by atomic mass is 10.3. The zero-order valence-electron chi connectivity index (χ0n) is 12.0. The van der Waals surface area contributed by atoms with Gasteiger partial charge in [-0.2, -0.15) is 0 Å². The maximum absolute atomic E-state index is 12.0. The summed E-state index contributed by atoms with van der Waals surface area (Å²) in [5, 5.41) is 6.53. The van der Waals surface area contributed by atoms with Crippen molar-refractivity contribution in [3.05, 3.63) is 39.3 Å². The third-order valence-electron chi connectivity index (χ3n) is 2.84. The maximum atomic E-state index is 12.0. The number of carbonyl (C=O) groups is 2. The number of nitrogens with zero attached hydrogens (tertiary/aromatic N) is 2. The number of anilines is 1. The molecule has 0 unspecified atom stereocenters. The average molecular weight is 384 g/mol. The van der Waals surface area contributed by atoms with Gasteiger partial charge < -0.3 is 10.1 Å². The van der Waals surface area contributed by atoms with Crippen LogP contribution < -0.4 is 5.32 Å². The number of halogens is 1. The number of amides is 1. The highest BCUT2D eigenvalue weighted by Crippen LogP contribution is 2.16. The van der Waals surface area contributed by atoms with Crippen molar-refractivity contribution in [2.24, 2.45) is 0 Å². The van der Waals surface area contributed by atoms with Crippen LogP contribution >= 0.6 is 27.5 Å². The lowest BCUT2D eigenvalue weighted by molar-refractivity contribution is -0.123. The van der Waals surface area contributed by atoms with Crippen LogP contribution in [0, 0.1) is 0 Å². The highest BCUT2D eigenvalue weighted by molar-refractivity contribution is 9.10. The first-order valence-electron chi connectivity index (χ1n) is 6.60. The molecule has 0 saturated carbocycles. The van der Waals surface area contributed by atoms with Crippen LogP contribution in [0.3, 0.4) is 0 Å². The Bertz CT molecular complexity index is 672. The largest absolute Gasteiger partial charge is 0.448 e. The number of carbonyl (C=O) groups excluding carboxylic acids is 2. The van der Waals surface area contributed by atoms with Crippen LogP contribution in [0.4, 0.5) is 5.69 Å². The second-order valence-corrected chi connectivity index (χ2v) is 6.12. The number of benzene rings is 1. The van der Waals surface area contributed by atoms with E-state index in [2.05, 4.69) is 30.8 Å². The summed E-state index contributed by atoms with van der Waals surface area (Å²) in [5.74, 6) is -0.975. The Morgan fingerprint density at radius 1 is 1.36 bits per heavy atom. The molecule has 0 bridgehead atoms. The number of rotatable bonds is 5. The number of nitrogens with one attached hydrogen (secondary N) is 1. The predicted molar refractivity (Wildman–Crippen MR) is 86.9 cm³/mol. The smallest absolute Gasteiger partial charge is 0.352 e. The van der Waals surface area contributed by atoms with E-state index in [1.165, 1.54) is 6.92 Å². The molecule has 0 radical (unpaired) electrons. The molecule has 116 valence electrons. The molecule has 6 nitrogen and oxygen atoms in total. The standard InChI is InChI=1S/C14H14BrN3O3S/c1-3-11-12(22-18-17-11)14(20)21-8(2)13(19)16-10-6-4-9(15)5-7-10/h4-8H,3H2,1-2H3,(H,16,19)/t8-/m1/s1. The van der Waals surface area contributed by atoms with Gasteiger partial charge in [-0.3, -0.25) is 4.79 Å². The molecule has 0 aliphatic rings. The third kappa shape index (κ3) is 4.11. The van der Waals surface area contributed by atoms with Gasteiger partial charge in [0.05, 0.1) is 5.69 Å². The average Bonchev–Trinajstić information content (AvgIpc) is 2.98. The first-order chi connectivity index (χ1) is 10.5. The van der Waals surface area contributed by atoms with Crippen molar-refractivity contribution in [1.29, 1.82) is 0 Å². The molecule has 2 aromatic rings. The highest BCUT2D eigenvalue weighted by Gasteiger charge is 2.22. The van der Waals surface area contributed by atoms with Crippen molar-refractivity contribution in [2.75, 3.05) is 5.32 Å².